The monoisotopic (exact) mass is 308 g/mol. The molecule has 3 rings (SSSR count). The summed E-state index contributed by atoms with van der Waals surface area (Å²) < 4.78 is 0. The minimum atomic E-state index is -0.184. The molecule has 0 amide bonds. The third kappa shape index (κ3) is 3.54. The molecule has 5 heteroatoms. The number of hydrogen-bond donors (Lipinski definition) is 0. The first-order valence-corrected chi connectivity index (χ1v) is 7.19. The summed E-state index contributed by atoms with van der Waals surface area (Å²) in [6, 6.07) is 21.4. The van der Waals surface area contributed by atoms with Gasteiger partial charge in [-0.1, -0.05) is 72.3 Å². The minimum absolute atomic E-state index is 0.184. The molecule has 0 N–H and O–H groups in total. The summed E-state index contributed by atoms with van der Waals surface area (Å²) in [5.41, 5.74) is 2.13. The predicted molar refractivity (Wildman–Crippen MR) is 86.3 cm³/mol. The van der Waals surface area contributed by atoms with Crippen LogP contribution in [0.4, 0.5) is 5.82 Å². The quantitative estimate of drug-likeness (QED) is 0.503. The molecular formula is C17H13ClN4. The molecule has 0 fully saturated rings. The smallest absolute Gasteiger partial charge is 0.178 e. The molecule has 0 saturated carbocycles. The molecule has 4 nitrogen and oxygen atoms in total. The Morgan fingerprint density at radius 1 is 0.818 bits per heavy atom. The zero-order valence-corrected chi connectivity index (χ0v) is 12.4. The van der Waals surface area contributed by atoms with Crippen molar-refractivity contribution in [1.82, 2.24) is 9.97 Å². The van der Waals surface area contributed by atoms with E-state index in [1.54, 1.807) is 6.07 Å². The Kier molecular flexibility index (Phi) is 4.51. The molecule has 0 aliphatic rings. The van der Waals surface area contributed by atoms with Crippen LogP contribution in [0, 0.1) is 0 Å². The molecule has 1 heterocycles. The summed E-state index contributed by atoms with van der Waals surface area (Å²) in [6.07, 6.45) is 1.37. The third-order valence-corrected chi connectivity index (χ3v) is 3.33. The third-order valence-electron chi connectivity index (χ3n) is 3.13. The van der Waals surface area contributed by atoms with Gasteiger partial charge in [0.25, 0.3) is 0 Å². The van der Waals surface area contributed by atoms with Crippen LogP contribution in [-0.2, 0) is 0 Å². The average molecular weight is 309 g/mol. The van der Waals surface area contributed by atoms with E-state index in [4.69, 9.17) is 11.6 Å². The predicted octanol–water partition coefficient (Wildman–Crippen LogP) is 5.00. The first kappa shape index (κ1) is 14.4. The molecule has 0 spiro atoms. The van der Waals surface area contributed by atoms with E-state index in [0.717, 1.165) is 11.1 Å². The van der Waals surface area contributed by atoms with Crippen molar-refractivity contribution < 1.29 is 0 Å². The topological polar surface area (TPSA) is 50.5 Å². The minimum Gasteiger partial charge on any atom is -0.224 e. The molecule has 0 atom stereocenters. The van der Waals surface area contributed by atoms with Crippen molar-refractivity contribution >= 4 is 17.4 Å². The number of aromatic nitrogens is 2. The largest absolute Gasteiger partial charge is 0.224 e. The van der Waals surface area contributed by atoms with Crippen molar-refractivity contribution in [3.05, 3.63) is 89.3 Å². The van der Waals surface area contributed by atoms with E-state index in [2.05, 4.69) is 20.2 Å². The normalized spacial score (nSPS) is 11.2. The number of halogens is 1. The Bertz CT molecular complexity index is 720. The Morgan fingerprint density at radius 2 is 1.41 bits per heavy atom. The highest BCUT2D eigenvalue weighted by Crippen LogP contribution is 2.27. The zero-order chi connectivity index (χ0) is 15.2. The second kappa shape index (κ2) is 6.91. The van der Waals surface area contributed by atoms with Gasteiger partial charge in [-0.05, 0) is 11.1 Å². The summed E-state index contributed by atoms with van der Waals surface area (Å²) >= 11 is 5.84. The maximum atomic E-state index is 5.84. The highest BCUT2D eigenvalue weighted by molar-refractivity contribution is 6.29. The molecule has 0 bridgehead atoms. The fourth-order valence-electron chi connectivity index (χ4n) is 2.09. The number of benzene rings is 2. The Hall–Kier alpha value is -2.59. The Morgan fingerprint density at radius 3 is 1.95 bits per heavy atom. The van der Waals surface area contributed by atoms with Gasteiger partial charge in [-0.2, -0.15) is 5.11 Å². The van der Waals surface area contributed by atoms with Gasteiger partial charge in [0, 0.05) is 6.07 Å². The van der Waals surface area contributed by atoms with Gasteiger partial charge in [0.15, 0.2) is 5.82 Å². The summed E-state index contributed by atoms with van der Waals surface area (Å²) in [5.74, 6) is 0.442. The molecule has 0 aliphatic heterocycles. The van der Waals surface area contributed by atoms with Crippen LogP contribution in [0.1, 0.15) is 17.2 Å². The molecule has 1 aromatic heterocycles. The lowest BCUT2D eigenvalue weighted by atomic mass is 10.00. The lowest BCUT2D eigenvalue weighted by Crippen LogP contribution is -1.96. The van der Waals surface area contributed by atoms with Crippen molar-refractivity contribution in [2.45, 2.75) is 6.04 Å². The maximum Gasteiger partial charge on any atom is 0.178 e. The van der Waals surface area contributed by atoms with Crippen molar-refractivity contribution in [3.8, 4) is 0 Å². The van der Waals surface area contributed by atoms with E-state index < -0.39 is 0 Å². The summed E-state index contributed by atoms with van der Waals surface area (Å²) in [6.45, 7) is 0. The van der Waals surface area contributed by atoms with Crippen molar-refractivity contribution in [1.29, 1.82) is 0 Å². The highest BCUT2D eigenvalue weighted by atomic mass is 35.5. The highest BCUT2D eigenvalue weighted by Gasteiger charge is 2.12. The lowest BCUT2D eigenvalue weighted by Gasteiger charge is -2.11. The van der Waals surface area contributed by atoms with Gasteiger partial charge in [-0.3, -0.25) is 0 Å². The number of hydrogen-bond acceptors (Lipinski definition) is 4. The average Bonchev–Trinajstić information content (AvgIpc) is 2.57. The molecule has 3 aromatic rings. The first-order chi connectivity index (χ1) is 10.8. The van der Waals surface area contributed by atoms with Crippen molar-refractivity contribution in [3.63, 3.8) is 0 Å². The van der Waals surface area contributed by atoms with Crippen LogP contribution in [0.5, 0.6) is 0 Å². The van der Waals surface area contributed by atoms with Crippen LogP contribution in [0.25, 0.3) is 0 Å². The van der Waals surface area contributed by atoms with E-state index in [0.29, 0.717) is 11.0 Å². The van der Waals surface area contributed by atoms with Crippen LogP contribution in [0.15, 0.2) is 83.3 Å². The van der Waals surface area contributed by atoms with Gasteiger partial charge < -0.3 is 0 Å². The molecule has 0 unspecified atom stereocenters. The van der Waals surface area contributed by atoms with Crippen molar-refractivity contribution in [2.24, 2.45) is 10.2 Å². The molecule has 0 saturated heterocycles. The number of nitrogens with zero attached hydrogens (tertiary/aromatic N) is 4. The molecule has 0 radical (unpaired) electrons. The van der Waals surface area contributed by atoms with Gasteiger partial charge in [0.05, 0.1) is 0 Å². The lowest BCUT2D eigenvalue weighted by molar-refractivity contribution is 0.803. The van der Waals surface area contributed by atoms with Gasteiger partial charge in [-0.15, -0.1) is 5.11 Å². The fraction of sp³-hybridized carbons (Fsp3) is 0.0588. The van der Waals surface area contributed by atoms with Crippen LogP contribution < -0.4 is 0 Å². The van der Waals surface area contributed by atoms with Crippen LogP contribution in [0.3, 0.4) is 0 Å². The van der Waals surface area contributed by atoms with E-state index in [9.17, 15) is 0 Å². The van der Waals surface area contributed by atoms with Crippen LogP contribution >= 0.6 is 11.6 Å². The number of azo groups is 1. The van der Waals surface area contributed by atoms with E-state index in [1.165, 1.54) is 6.33 Å². The molecule has 108 valence electrons. The SMILES string of the molecule is Clc1cc(N=NC(c2ccccc2)c2ccccc2)ncn1. The van der Waals surface area contributed by atoms with E-state index >= 15 is 0 Å². The first-order valence-electron chi connectivity index (χ1n) is 6.81. The van der Waals surface area contributed by atoms with Crippen LogP contribution in [-0.4, -0.2) is 9.97 Å². The Balaban J connectivity index is 1.96. The molecular weight excluding hydrogens is 296 g/mol. The molecule has 2 aromatic carbocycles. The fourth-order valence-corrected chi connectivity index (χ4v) is 2.23. The zero-order valence-electron chi connectivity index (χ0n) is 11.7. The van der Waals surface area contributed by atoms with Gasteiger partial charge in [0.2, 0.25) is 0 Å². The van der Waals surface area contributed by atoms with Gasteiger partial charge in [0.1, 0.15) is 17.5 Å². The van der Waals surface area contributed by atoms with Crippen molar-refractivity contribution in [2.75, 3.05) is 0 Å². The summed E-state index contributed by atoms with van der Waals surface area (Å²) in [5, 5.41) is 9.01. The van der Waals surface area contributed by atoms with E-state index in [-0.39, 0.29) is 6.04 Å². The molecule has 22 heavy (non-hydrogen) atoms. The van der Waals surface area contributed by atoms with Gasteiger partial charge >= 0.3 is 0 Å². The number of rotatable bonds is 4. The molecule has 0 aliphatic carbocycles. The summed E-state index contributed by atoms with van der Waals surface area (Å²) in [4.78, 5) is 7.88. The second-order valence-corrected chi connectivity index (χ2v) is 5.03. The van der Waals surface area contributed by atoms with Crippen LogP contribution in [0.2, 0.25) is 5.15 Å². The second-order valence-electron chi connectivity index (χ2n) is 4.64. The van der Waals surface area contributed by atoms with Gasteiger partial charge in [-0.25, -0.2) is 9.97 Å². The Labute approximate surface area is 133 Å². The standard InChI is InChI=1S/C17H13ClN4/c18-15-11-16(20-12-19-15)21-22-17(13-7-3-1-4-8-13)14-9-5-2-6-10-14/h1-12,17H. The van der Waals surface area contributed by atoms with E-state index in [1.807, 2.05) is 60.7 Å². The maximum absolute atomic E-state index is 5.84. The summed E-state index contributed by atoms with van der Waals surface area (Å²) in [7, 11) is 0.